The zero-order valence-electron chi connectivity index (χ0n) is 16.6. The second kappa shape index (κ2) is 7.64. The van der Waals surface area contributed by atoms with Crippen LogP contribution < -0.4 is 10.5 Å². The Balaban J connectivity index is 1.80. The fraction of sp³-hybridized carbons (Fsp3) is 0.381. The van der Waals surface area contributed by atoms with Gasteiger partial charge in [0.1, 0.15) is 17.1 Å². The first-order valence-electron chi connectivity index (χ1n) is 9.61. The number of carbonyl (C=O) groups is 1. The maximum atomic E-state index is 15.0. The van der Waals surface area contributed by atoms with Gasteiger partial charge in [-0.2, -0.15) is 0 Å². The second-order valence-corrected chi connectivity index (χ2v) is 7.71. The number of amides is 1. The molecule has 4 rings (SSSR count). The van der Waals surface area contributed by atoms with Gasteiger partial charge in [0.05, 0.1) is 18.9 Å². The van der Waals surface area contributed by atoms with Crippen LogP contribution in [-0.2, 0) is 15.1 Å². The second-order valence-electron chi connectivity index (χ2n) is 7.71. The normalized spacial score (nSPS) is 26.6. The minimum atomic E-state index is -1.21. The van der Waals surface area contributed by atoms with E-state index in [1.165, 1.54) is 35.4 Å². The van der Waals surface area contributed by atoms with Crippen molar-refractivity contribution in [2.24, 2.45) is 16.6 Å². The van der Waals surface area contributed by atoms with Crippen LogP contribution in [-0.4, -0.2) is 41.5 Å². The minimum absolute atomic E-state index is 0.00782. The predicted molar refractivity (Wildman–Crippen MR) is 105 cm³/mol. The Labute approximate surface area is 172 Å². The lowest BCUT2D eigenvalue weighted by Crippen LogP contribution is -2.41. The molecule has 1 amide bonds. The summed E-state index contributed by atoms with van der Waals surface area (Å²) < 4.78 is 40.5. The van der Waals surface area contributed by atoms with Crippen LogP contribution in [0.2, 0.25) is 0 Å². The zero-order chi connectivity index (χ0) is 21.5. The van der Waals surface area contributed by atoms with Crippen LogP contribution in [0, 0.1) is 17.6 Å². The number of nitrogens with two attached hydrogens (primary N) is 1. The first-order chi connectivity index (χ1) is 14.3. The number of aromatic nitrogens is 1. The summed E-state index contributed by atoms with van der Waals surface area (Å²) in [5.74, 6) is -1.62. The van der Waals surface area contributed by atoms with Crippen LogP contribution in [0.15, 0.2) is 41.7 Å². The number of halogens is 2. The molecule has 2 aliphatic heterocycles. The molecule has 0 saturated carbocycles. The lowest BCUT2D eigenvalue weighted by atomic mass is 9.81. The van der Waals surface area contributed by atoms with Gasteiger partial charge in [-0.1, -0.05) is 0 Å². The Morgan fingerprint density at radius 1 is 1.30 bits per heavy atom. The van der Waals surface area contributed by atoms with E-state index in [0.29, 0.717) is 6.42 Å². The fourth-order valence-electron chi connectivity index (χ4n) is 3.99. The number of hydrogen-bond acceptors (Lipinski definition) is 6. The molecule has 3 heterocycles. The number of guanidine groups is 1. The Hall–Kier alpha value is -3.07. The van der Waals surface area contributed by atoms with Gasteiger partial charge in [0.2, 0.25) is 5.91 Å². The van der Waals surface area contributed by atoms with Crippen LogP contribution in [0.1, 0.15) is 25.3 Å². The highest BCUT2D eigenvalue weighted by Crippen LogP contribution is 2.43. The van der Waals surface area contributed by atoms with E-state index in [4.69, 9.17) is 15.2 Å². The van der Waals surface area contributed by atoms with Gasteiger partial charge in [-0.05, 0) is 38.0 Å². The molecule has 0 radical (unpaired) electrons. The van der Waals surface area contributed by atoms with Gasteiger partial charge in [0.15, 0.2) is 17.5 Å². The number of aliphatic imine (C=N–C) groups is 1. The Kier molecular flexibility index (Phi) is 5.15. The molecule has 7 nitrogen and oxygen atoms in total. The SMILES string of the molecule is C[C@H]1C[C@H]2C[C@](c3cc(Oc4ccncc4F)ccc3F)(CO1)N=C(N)N(C)C2=O. The van der Waals surface area contributed by atoms with Gasteiger partial charge in [-0.3, -0.25) is 14.7 Å². The van der Waals surface area contributed by atoms with E-state index in [9.17, 15) is 9.18 Å². The van der Waals surface area contributed by atoms with Crippen molar-refractivity contribution in [1.82, 2.24) is 9.88 Å². The van der Waals surface area contributed by atoms with Crippen molar-refractivity contribution < 1.29 is 23.0 Å². The van der Waals surface area contributed by atoms with Crippen molar-refractivity contribution in [1.29, 1.82) is 0 Å². The van der Waals surface area contributed by atoms with E-state index in [-0.39, 0.29) is 48.1 Å². The molecule has 1 fully saturated rings. The number of rotatable bonds is 3. The zero-order valence-corrected chi connectivity index (χ0v) is 16.6. The van der Waals surface area contributed by atoms with Gasteiger partial charge in [0.25, 0.3) is 0 Å². The summed E-state index contributed by atoms with van der Waals surface area (Å²) in [6, 6.07) is 5.45. The maximum Gasteiger partial charge on any atom is 0.232 e. The molecule has 2 aromatic rings. The highest BCUT2D eigenvalue weighted by molar-refractivity contribution is 5.98. The van der Waals surface area contributed by atoms with Crippen LogP contribution in [0.3, 0.4) is 0 Å². The van der Waals surface area contributed by atoms with E-state index in [2.05, 4.69) is 9.98 Å². The maximum absolute atomic E-state index is 15.0. The number of carbonyl (C=O) groups excluding carboxylic acids is 1. The van der Waals surface area contributed by atoms with E-state index in [0.717, 1.165) is 6.20 Å². The molecule has 1 aromatic carbocycles. The first kappa shape index (κ1) is 20.2. The molecule has 0 unspecified atom stereocenters. The number of ether oxygens (including phenoxy) is 2. The van der Waals surface area contributed by atoms with E-state index >= 15 is 4.39 Å². The largest absolute Gasteiger partial charge is 0.454 e. The van der Waals surface area contributed by atoms with Crippen molar-refractivity contribution in [3.05, 3.63) is 53.9 Å². The van der Waals surface area contributed by atoms with Crippen LogP contribution >= 0.6 is 0 Å². The molecule has 2 N–H and O–H groups in total. The highest BCUT2D eigenvalue weighted by Gasteiger charge is 2.46. The number of nitrogens with zero attached hydrogens (tertiary/aromatic N) is 3. The topological polar surface area (TPSA) is 90.0 Å². The lowest BCUT2D eigenvalue weighted by molar-refractivity contribution is -0.131. The molecule has 0 spiro atoms. The van der Waals surface area contributed by atoms with Gasteiger partial charge >= 0.3 is 0 Å². The molecule has 1 saturated heterocycles. The molecule has 2 aliphatic rings. The fourth-order valence-corrected chi connectivity index (χ4v) is 3.99. The predicted octanol–water partition coefficient (Wildman–Crippen LogP) is 2.95. The molecule has 158 valence electrons. The molecular formula is C21H22F2N4O3. The Morgan fingerprint density at radius 3 is 2.87 bits per heavy atom. The smallest absolute Gasteiger partial charge is 0.232 e. The van der Waals surface area contributed by atoms with Crippen molar-refractivity contribution in [2.45, 2.75) is 31.4 Å². The summed E-state index contributed by atoms with van der Waals surface area (Å²) in [4.78, 5) is 22.3. The highest BCUT2D eigenvalue weighted by atomic mass is 19.1. The number of benzene rings is 1. The summed E-state index contributed by atoms with van der Waals surface area (Å²) >= 11 is 0. The van der Waals surface area contributed by atoms with Crippen LogP contribution in [0.5, 0.6) is 11.5 Å². The van der Waals surface area contributed by atoms with Crippen LogP contribution in [0.4, 0.5) is 8.78 Å². The Morgan fingerprint density at radius 2 is 2.10 bits per heavy atom. The summed E-state index contributed by atoms with van der Waals surface area (Å²) in [7, 11) is 1.56. The number of fused-ring (bicyclic) bond motifs is 2. The van der Waals surface area contributed by atoms with Crippen molar-refractivity contribution in [3.8, 4) is 11.5 Å². The third-order valence-electron chi connectivity index (χ3n) is 5.56. The standard InChI is InChI=1S/C21H22F2N4O3/c1-12-7-13-9-21(11-29-12,26-20(24)27(2)19(13)28)15-8-14(3-4-16(15)22)30-18-5-6-25-10-17(18)23/h3-6,8,10,12-13H,7,9,11H2,1-2H3,(H2,24,26)/t12-,13-,21+/m0/s1. The van der Waals surface area contributed by atoms with E-state index in [1.54, 1.807) is 7.05 Å². The van der Waals surface area contributed by atoms with Gasteiger partial charge < -0.3 is 15.2 Å². The summed E-state index contributed by atoms with van der Waals surface area (Å²) in [6.07, 6.45) is 2.95. The van der Waals surface area contributed by atoms with Crippen molar-refractivity contribution in [3.63, 3.8) is 0 Å². The van der Waals surface area contributed by atoms with Crippen molar-refractivity contribution >= 4 is 11.9 Å². The number of hydrogen-bond donors (Lipinski definition) is 1. The molecular weight excluding hydrogens is 394 g/mol. The molecule has 2 bridgehead atoms. The molecule has 1 aromatic heterocycles. The first-order valence-corrected chi connectivity index (χ1v) is 9.61. The van der Waals surface area contributed by atoms with Gasteiger partial charge in [0, 0.05) is 30.8 Å². The van der Waals surface area contributed by atoms with E-state index in [1.807, 2.05) is 6.92 Å². The molecule has 0 aliphatic carbocycles. The lowest BCUT2D eigenvalue weighted by Gasteiger charge is -2.29. The number of pyridine rings is 1. The molecule has 30 heavy (non-hydrogen) atoms. The minimum Gasteiger partial charge on any atom is -0.454 e. The summed E-state index contributed by atoms with van der Waals surface area (Å²) in [6.45, 7) is 1.92. The summed E-state index contributed by atoms with van der Waals surface area (Å²) in [5, 5.41) is 0. The third-order valence-corrected chi connectivity index (χ3v) is 5.56. The van der Waals surface area contributed by atoms with Crippen molar-refractivity contribution in [2.75, 3.05) is 13.7 Å². The molecule has 3 atom stereocenters. The molecule has 9 heteroatoms. The summed E-state index contributed by atoms with van der Waals surface area (Å²) in [5.41, 5.74) is 5.03. The average Bonchev–Trinajstić information content (AvgIpc) is 2.94. The van der Waals surface area contributed by atoms with Gasteiger partial charge in [-0.25, -0.2) is 13.8 Å². The quantitative estimate of drug-likeness (QED) is 0.831. The van der Waals surface area contributed by atoms with Gasteiger partial charge in [-0.15, -0.1) is 0 Å². The third kappa shape index (κ3) is 3.60. The monoisotopic (exact) mass is 416 g/mol. The van der Waals surface area contributed by atoms with E-state index < -0.39 is 23.1 Å². The average molecular weight is 416 g/mol. The van der Waals surface area contributed by atoms with Crippen LogP contribution in [0.25, 0.3) is 0 Å². The Bertz CT molecular complexity index is 1020.